The minimum absolute atomic E-state index is 0.0820. The molecule has 0 bridgehead atoms. The van der Waals surface area contributed by atoms with Crippen LogP contribution in [-0.4, -0.2) is 27.2 Å². The van der Waals surface area contributed by atoms with Gasteiger partial charge in [0.25, 0.3) is 0 Å². The van der Waals surface area contributed by atoms with E-state index in [1.807, 2.05) is 0 Å². The molecular weight excluding hydrogens is 276 g/mol. The van der Waals surface area contributed by atoms with E-state index in [0.29, 0.717) is 11.1 Å². The summed E-state index contributed by atoms with van der Waals surface area (Å²) >= 11 is 5.29. The van der Waals surface area contributed by atoms with Gasteiger partial charge in [-0.15, -0.1) is 0 Å². The molecule has 0 unspecified atom stereocenters. The average molecular weight is 289 g/mol. The Bertz CT molecular complexity index is 549. The summed E-state index contributed by atoms with van der Waals surface area (Å²) in [5.74, 6) is -0.615. The molecule has 0 saturated heterocycles. The van der Waals surface area contributed by atoms with Crippen LogP contribution in [0.2, 0.25) is 0 Å². The lowest BCUT2D eigenvalue weighted by atomic mass is 10.1. The third kappa shape index (κ3) is 5.33. The molecule has 98 valence electrons. The van der Waals surface area contributed by atoms with E-state index < -0.39 is 15.8 Å². The zero-order chi connectivity index (χ0) is 13.6. The second kappa shape index (κ2) is 6.56. The predicted molar refractivity (Wildman–Crippen MR) is 70.3 cm³/mol. The monoisotopic (exact) mass is 288 g/mol. The van der Waals surface area contributed by atoms with E-state index in [1.165, 1.54) is 17.7 Å². The van der Waals surface area contributed by atoms with Crippen LogP contribution in [0.15, 0.2) is 35.9 Å². The fourth-order valence-electron chi connectivity index (χ4n) is 1.33. The summed E-state index contributed by atoms with van der Waals surface area (Å²) in [6.07, 6.45) is 2.63. The smallest absolute Gasteiger partial charge is 0.338 e. The highest BCUT2D eigenvalue weighted by Crippen LogP contribution is 2.10. The Balaban J connectivity index is 2.78. The first-order chi connectivity index (χ1) is 8.42. The Hall–Kier alpha value is -1.33. The Labute approximate surface area is 111 Å². The van der Waals surface area contributed by atoms with Crippen LogP contribution in [0.5, 0.6) is 0 Å². The van der Waals surface area contributed by atoms with Crippen LogP contribution in [0.4, 0.5) is 0 Å². The van der Waals surface area contributed by atoms with Crippen molar-refractivity contribution >= 4 is 27.4 Å². The van der Waals surface area contributed by atoms with Crippen molar-refractivity contribution in [1.29, 1.82) is 0 Å². The van der Waals surface area contributed by atoms with Crippen LogP contribution >= 0.6 is 11.6 Å². The number of ether oxygens (including phenoxy) is 1. The summed E-state index contributed by atoms with van der Waals surface area (Å²) < 4.78 is 27.2. The lowest BCUT2D eigenvalue weighted by Gasteiger charge is -2.04. The molecule has 0 amide bonds. The van der Waals surface area contributed by atoms with E-state index in [1.54, 1.807) is 18.2 Å². The first-order valence-electron chi connectivity index (χ1n) is 5.11. The van der Waals surface area contributed by atoms with Gasteiger partial charge in [-0.1, -0.05) is 23.7 Å². The summed E-state index contributed by atoms with van der Waals surface area (Å²) in [6.45, 7) is 0.0820. The molecule has 1 rings (SSSR count). The molecule has 0 N–H and O–H groups in total. The highest BCUT2D eigenvalue weighted by Gasteiger charge is 2.09. The Morgan fingerprint density at radius 2 is 2.17 bits per heavy atom. The van der Waals surface area contributed by atoms with Gasteiger partial charge in [0.05, 0.1) is 11.3 Å². The molecule has 18 heavy (non-hydrogen) atoms. The van der Waals surface area contributed by atoms with Crippen molar-refractivity contribution in [2.24, 2.45) is 0 Å². The van der Waals surface area contributed by atoms with Crippen LogP contribution in [0.3, 0.4) is 0 Å². The van der Waals surface area contributed by atoms with Crippen molar-refractivity contribution in [3.63, 3.8) is 0 Å². The zero-order valence-electron chi connectivity index (χ0n) is 9.80. The van der Waals surface area contributed by atoms with Crippen molar-refractivity contribution < 1.29 is 17.9 Å². The highest BCUT2D eigenvalue weighted by molar-refractivity contribution is 7.89. The van der Waals surface area contributed by atoms with Gasteiger partial charge in [0.2, 0.25) is 0 Å². The maximum absolute atomic E-state index is 11.6. The number of carbonyl (C=O) groups is 1. The number of rotatable bonds is 5. The second-order valence-electron chi connectivity index (χ2n) is 3.73. The fourth-order valence-corrected chi connectivity index (χ4v) is 2.19. The quantitative estimate of drug-likeness (QED) is 0.779. The largest absolute Gasteiger partial charge is 0.458 e. The van der Waals surface area contributed by atoms with Crippen molar-refractivity contribution in [2.75, 3.05) is 12.9 Å². The minimum atomic E-state index is -3.12. The van der Waals surface area contributed by atoms with Crippen molar-refractivity contribution in [3.05, 3.63) is 47.0 Å². The maximum atomic E-state index is 11.6. The number of esters is 1. The van der Waals surface area contributed by atoms with Crippen LogP contribution in [-0.2, 0) is 20.3 Å². The molecule has 4 nitrogen and oxygen atoms in total. The molecule has 0 saturated carbocycles. The van der Waals surface area contributed by atoms with Gasteiger partial charge in [0.15, 0.2) is 9.84 Å². The van der Waals surface area contributed by atoms with Crippen LogP contribution < -0.4 is 0 Å². The van der Waals surface area contributed by atoms with E-state index in [2.05, 4.69) is 0 Å². The molecule has 0 atom stereocenters. The fraction of sp³-hybridized carbons (Fsp3) is 0.250. The first-order valence-corrected chi connectivity index (χ1v) is 7.61. The molecule has 6 heteroatoms. The predicted octanol–water partition coefficient (Wildman–Crippen LogP) is 2.14. The van der Waals surface area contributed by atoms with E-state index in [9.17, 15) is 13.2 Å². The minimum Gasteiger partial charge on any atom is -0.458 e. The number of hydrogen-bond acceptors (Lipinski definition) is 4. The summed E-state index contributed by atoms with van der Waals surface area (Å²) in [6, 6.07) is 6.34. The van der Waals surface area contributed by atoms with Crippen LogP contribution in [0.25, 0.3) is 0 Å². The molecule has 0 aliphatic heterocycles. The molecule has 0 aromatic heterocycles. The SMILES string of the molecule is CS(=O)(=O)Cc1cccc(C(=O)OCC=CCl)c1. The van der Waals surface area contributed by atoms with Crippen molar-refractivity contribution in [3.8, 4) is 0 Å². The summed E-state index contributed by atoms with van der Waals surface area (Å²) in [5, 5.41) is 0. The zero-order valence-corrected chi connectivity index (χ0v) is 11.4. The van der Waals surface area contributed by atoms with E-state index in [0.717, 1.165) is 6.26 Å². The lowest BCUT2D eigenvalue weighted by Crippen LogP contribution is -2.07. The van der Waals surface area contributed by atoms with Gasteiger partial charge in [-0.25, -0.2) is 13.2 Å². The molecule has 0 spiro atoms. The third-order valence-corrected chi connectivity index (χ3v) is 3.03. The van der Waals surface area contributed by atoms with Crippen molar-refractivity contribution in [1.82, 2.24) is 0 Å². The van der Waals surface area contributed by atoms with Gasteiger partial charge >= 0.3 is 5.97 Å². The number of sulfone groups is 1. The molecule has 1 aromatic carbocycles. The molecule has 0 aliphatic carbocycles. The van der Waals surface area contributed by atoms with E-state index in [4.69, 9.17) is 16.3 Å². The molecule has 1 aromatic rings. The van der Waals surface area contributed by atoms with Gasteiger partial charge < -0.3 is 4.74 Å². The molecule has 0 aliphatic rings. The standard InChI is InChI=1S/C12H13ClO4S/c1-18(15,16)9-10-4-2-5-11(8-10)12(14)17-7-3-6-13/h2-6,8H,7,9H2,1H3. The number of hydrogen-bond donors (Lipinski definition) is 0. The third-order valence-electron chi connectivity index (χ3n) is 1.99. The van der Waals surface area contributed by atoms with E-state index >= 15 is 0 Å². The number of carbonyl (C=O) groups excluding carboxylic acids is 1. The Morgan fingerprint density at radius 3 is 2.78 bits per heavy atom. The van der Waals surface area contributed by atoms with Gasteiger partial charge in [0.1, 0.15) is 6.61 Å². The molecule has 0 radical (unpaired) electrons. The normalized spacial score (nSPS) is 11.7. The highest BCUT2D eigenvalue weighted by atomic mass is 35.5. The summed E-state index contributed by atoms with van der Waals surface area (Å²) in [5.41, 5.74) is 2.13. The van der Waals surface area contributed by atoms with Crippen LogP contribution in [0.1, 0.15) is 15.9 Å². The molecular formula is C12H13ClO4S. The topological polar surface area (TPSA) is 60.4 Å². The molecule has 0 fully saturated rings. The lowest BCUT2D eigenvalue weighted by molar-refractivity contribution is 0.0549. The summed E-state index contributed by atoms with van der Waals surface area (Å²) in [4.78, 5) is 11.6. The second-order valence-corrected chi connectivity index (χ2v) is 6.12. The van der Waals surface area contributed by atoms with Gasteiger partial charge in [-0.05, 0) is 23.8 Å². The summed E-state index contributed by atoms with van der Waals surface area (Å²) in [7, 11) is -3.12. The van der Waals surface area contributed by atoms with Crippen molar-refractivity contribution in [2.45, 2.75) is 5.75 Å². The molecule has 0 heterocycles. The van der Waals surface area contributed by atoms with Gasteiger partial charge in [-0.2, -0.15) is 0 Å². The number of benzene rings is 1. The first kappa shape index (κ1) is 14.7. The van der Waals surface area contributed by atoms with Gasteiger partial charge in [0, 0.05) is 11.8 Å². The van der Waals surface area contributed by atoms with Crippen LogP contribution in [0, 0.1) is 0 Å². The number of halogens is 1. The Morgan fingerprint density at radius 1 is 1.44 bits per heavy atom. The Kier molecular flexibility index (Phi) is 5.37. The van der Waals surface area contributed by atoms with E-state index in [-0.39, 0.29) is 12.4 Å². The average Bonchev–Trinajstić information content (AvgIpc) is 2.27. The maximum Gasteiger partial charge on any atom is 0.338 e. The van der Waals surface area contributed by atoms with Gasteiger partial charge in [-0.3, -0.25) is 0 Å².